The number of benzene rings is 2. The molecule has 0 saturated carbocycles. The molecular weight excluding hydrogens is 452 g/mol. The molecule has 35 heavy (non-hydrogen) atoms. The number of esters is 1. The molecule has 1 N–H and O–H groups in total. The van der Waals surface area contributed by atoms with E-state index in [2.05, 4.69) is 10.2 Å². The second-order valence-corrected chi connectivity index (χ2v) is 8.05. The van der Waals surface area contributed by atoms with Gasteiger partial charge >= 0.3 is 5.97 Å². The zero-order valence-corrected chi connectivity index (χ0v) is 20.8. The topological polar surface area (TPSA) is 95.6 Å². The molecule has 0 spiro atoms. The molecule has 1 fully saturated rings. The number of nitrogens with one attached hydrogen (secondary N) is 1. The normalized spacial score (nSPS) is 13.2. The Morgan fingerprint density at radius 2 is 1.63 bits per heavy atom. The van der Waals surface area contributed by atoms with E-state index in [0.717, 1.165) is 29.9 Å². The molecule has 0 atom stereocenters. The number of hydrogen-bond acceptors (Lipinski definition) is 8. The number of amides is 1. The maximum atomic E-state index is 12.5. The van der Waals surface area contributed by atoms with Crippen molar-refractivity contribution in [1.29, 1.82) is 0 Å². The quantitative estimate of drug-likeness (QED) is 0.482. The number of nitrogens with zero attached hydrogens (tertiary/aromatic N) is 1. The largest absolute Gasteiger partial charge is 0.492 e. The van der Waals surface area contributed by atoms with E-state index < -0.39 is 18.5 Å². The predicted molar refractivity (Wildman–Crippen MR) is 133 cm³/mol. The number of ether oxygens (including phenoxy) is 5. The summed E-state index contributed by atoms with van der Waals surface area (Å²) in [6.07, 6.45) is 0. The van der Waals surface area contributed by atoms with Gasteiger partial charge in [0.25, 0.3) is 5.91 Å². The number of carbonyl (C=O) groups excluding carboxylic acids is 2. The second-order valence-electron chi connectivity index (χ2n) is 8.05. The summed E-state index contributed by atoms with van der Waals surface area (Å²) >= 11 is 0. The smallest absolute Gasteiger partial charge is 0.344 e. The van der Waals surface area contributed by atoms with Crippen LogP contribution in [0.3, 0.4) is 0 Å². The van der Waals surface area contributed by atoms with Gasteiger partial charge in [0.1, 0.15) is 17.2 Å². The molecular formula is C26H34N2O7. The lowest BCUT2D eigenvalue weighted by Crippen LogP contribution is -2.36. The van der Waals surface area contributed by atoms with Crippen molar-refractivity contribution in [2.45, 2.75) is 27.7 Å². The zero-order chi connectivity index (χ0) is 25.2. The van der Waals surface area contributed by atoms with Gasteiger partial charge in [0.2, 0.25) is 0 Å². The van der Waals surface area contributed by atoms with Crippen molar-refractivity contribution in [1.82, 2.24) is 0 Å². The SMILES string of the molecule is CCOc1cc(N2CCOCC2)c(OCC)cc1NC(=O)COC(=O)COc1cc(C)ccc1C. The van der Waals surface area contributed by atoms with Crippen LogP contribution in [0.15, 0.2) is 30.3 Å². The van der Waals surface area contributed by atoms with E-state index >= 15 is 0 Å². The third-order valence-electron chi connectivity index (χ3n) is 5.34. The van der Waals surface area contributed by atoms with Gasteiger partial charge in [-0.15, -0.1) is 0 Å². The summed E-state index contributed by atoms with van der Waals surface area (Å²) in [4.78, 5) is 26.8. The molecule has 190 valence electrons. The first-order chi connectivity index (χ1) is 16.9. The molecule has 9 heteroatoms. The number of carbonyl (C=O) groups is 2. The van der Waals surface area contributed by atoms with Gasteiger partial charge in [0, 0.05) is 25.2 Å². The molecule has 1 aliphatic rings. The highest BCUT2D eigenvalue weighted by atomic mass is 16.6. The summed E-state index contributed by atoms with van der Waals surface area (Å²) in [5.41, 5.74) is 3.26. The van der Waals surface area contributed by atoms with Crippen LogP contribution < -0.4 is 24.4 Å². The van der Waals surface area contributed by atoms with Gasteiger partial charge in [-0.05, 0) is 44.9 Å². The van der Waals surface area contributed by atoms with Gasteiger partial charge in [-0.2, -0.15) is 0 Å². The Kier molecular flexibility index (Phi) is 9.60. The van der Waals surface area contributed by atoms with Crippen LogP contribution in [0.2, 0.25) is 0 Å². The highest BCUT2D eigenvalue weighted by Crippen LogP contribution is 2.39. The number of hydrogen-bond donors (Lipinski definition) is 1. The summed E-state index contributed by atoms with van der Waals surface area (Å²) in [6, 6.07) is 9.33. The van der Waals surface area contributed by atoms with Crippen molar-refractivity contribution >= 4 is 23.3 Å². The van der Waals surface area contributed by atoms with E-state index in [0.29, 0.717) is 49.4 Å². The fraction of sp³-hybridized carbons (Fsp3) is 0.462. The molecule has 0 bridgehead atoms. The predicted octanol–water partition coefficient (Wildman–Crippen LogP) is 3.50. The standard InChI is InChI=1S/C26H34N2O7/c1-5-32-23-15-21(28-9-11-31-12-10-28)24(33-6-2)14-20(23)27-25(29)16-35-26(30)17-34-22-13-18(3)7-8-19(22)4/h7-8,13-15H,5-6,9-12,16-17H2,1-4H3,(H,27,29). The molecule has 9 nitrogen and oxygen atoms in total. The Balaban J connectivity index is 1.63. The lowest BCUT2D eigenvalue weighted by Gasteiger charge is -2.31. The number of rotatable bonds is 11. The van der Waals surface area contributed by atoms with Crippen molar-refractivity contribution < 1.29 is 33.3 Å². The van der Waals surface area contributed by atoms with Crippen LogP contribution in [0, 0.1) is 13.8 Å². The van der Waals surface area contributed by atoms with Crippen molar-refractivity contribution in [2.24, 2.45) is 0 Å². The molecule has 2 aromatic rings. The van der Waals surface area contributed by atoms with E-state index in [1.807, 2.05) is 52.0 Å². The third kappa shape index (κ3) is 7.51. The summed E-state index contributed by atoms with van der Waals surface area (Å²) in [5, 5.41) is 2.76. The Morgan fingerprint density at radius 3 is 2.34 bits per heavy atom. The van der Waals surface area contributed by atoms with Gasteiger partial charge < -0.3 is 33.9 Å². The molecule has 0 radical (unpaired) electrons. The summed E-state index contributed by atoms with van der Waals surface area (Å²) in [7, 11) is 0. The van der Waals surface area contributed by atoms with Crippen LogP contribution in [-0.4, -0.2) is 64.6 Å². The van der Waals surface area contributed by atoms with Crippen molar-refractivity contribution in [3.63, 3.8) is 0 Å². The molecule has 3 rings (SSSR count). The van der Waals surface area contributed by atoms with Crippen molar-refractivity contribution in [2.75, 3.05) is 62.9 Å². The molecule has 1 amide bonds. The zero-order valence-electron chi connectivity index (χ0n) is 20.8. The van der Waals surface area contributed by atoms with E-state index in [1.54, 1.807) is 6.07 Å². The first kappa shape index (κ1) is 26.2. The van der Waals surface area contributed by atoms with E-state index in [4.69, 9.17) is 23.7 Å². The van der Waals surface area contributed by atoms with Gasteiger partial charge in [-0.1, -0.05) is 12.1 Å². The van der Waals surface area contributed by atoms with Gasteiger partial charge in [0.05, 0.1) is 37.8 Å². The minimum Gasteiger partial charge on any atom is -0.492 e. The maximum Gasteiger partial charge on any atom is 0.344 e. The first-order valence-corrected chi connectivity index (χ1v) is 11.8. The fourth-order valence-electron chi connectivity index (χ4n) is 3.62. The monoisotopic (exact) mass is 486 g/mol. The van der Waals surface area contributed by atoms with Crippen LogP contribution in [0.4, 0.5) is 11.4 Å². The Labute approximate surface area is 206 Å². The average molecular weight is 487 g/mol. The van der Waals surface area contributed by atoms with E-state index in [-0.39, 0.29) is 6.61 Å². The minimum atomic E-state index is -0.635. The maximum absolute atomic E-state index is 12.5. The summed E-state index contributed by atoms with van der Waals surface area (Å²) in [6.45, 7) is 10.5. The summed E-state index contributed by atoms with van der Waals surface area (Å²) < 4.78 is 27.7. The summed E-state index contributed by atoms with van der Waals surface area (Å²) in [5.74, 6) is 0.621. The Bertz CT molecular complexity index is 1020. The van der Waals surface area contributed by atoms with Crippen LogP contribution in [0.5, 0.6) is 17.2 Å². The molecule has 0 aliphatic carbocycles. The fourth-order valence-corrected chi connectivity index (χ4v) is 3.62. The molecule has 1 aliphatic heterocycles. The number of aryl methyl sites for hydroxylation is 2. The minimum absolute atomic E-state index is 0.287. The van der Waals surface area contributed by atoms with Gasteiger partial charge in [0.15, 0.2) is 13.2 Å². The molecule has 0 unspecified atom stereocenters. The van der Waals surface area contributed by atoms with E-state index in [9.17, 15) is 9.59 Å². The first-order valence-electron chi connectivity index (χ1n) is 11.8. The highest BCUT2D eigenvalue weighted by Gasteiger charge is 2.21. The number of morpholine rings is 1. The molecule has 1 heterocycles. The molecule has 1 saturated heterocycles. The van der Waals surface area contributed by atoms with Crippen LogP contribution in [0.1, 0.15) is 25.0 Å². The van der Waals surface area contributed by atoms with Crippen LogP contribution in [0.25, 0.3) is 0 Å². The highest BCUT2D eigenvalue weighted by molar-refractivity contribution is 5.95. The average Bonchev–Trinajstić information content (AvgIpc) is 2.85. The van der Waals surface area contributed by atoms with Gasteiger partial charge in [-0.3, -0.25) is 4.79 Å². The lowest BCUT2D eigenvalue weighted by molar-refractivity contribution is -0.149. The van der Waals surface area contributed by atoms with E-state index in [1.165, 1.54) is 0 Å². The number of anilines is 2. The lowest BCUT2D eigenvalue weighted by atomic mass is 10.1. The Morgan fingerprint density at radius 1 is 0.914 bits per heavy atom. The third-order valence-corrected chi connectivity index (χ3v) is 5.34. The van der Waals surface area contributed by atoms with Crippen LogP contribution in [-0.2, 0) is 19.1 Å². The van der Waals surface area contributed by atoms with Gasteiger partial charge in [-0.25, -0.2) is 4.79 Å². The van der Waals surface area contributed by atoms with Crippen LogP contribution >= 0.6 is 0 Å². The molecule has 2 aromatic carbocycles. The second kappa shape index (κ2) is 12.9. The van der Waals surface area contributed by atoms with Crippen molar-refractivity contribution in [3.05, 3.63) is 41.5 Å². The van der Waals surface area contributed by atoms with Crippen molar-refractivity contribution in [3.8, 4) is 17.2 Å². The molecule has 0 aromatic heterocycles. The Hall–Kier alpha value is -3.46.